The fraction of sp³-hybridized carbons (Fsp3) is 0.200. The van der Waals surface area contributed by atoms with E-state index in [4.69, 9.17) is 11.1 Å². The average molecular weight is 271 g/mol. The Kier molecular flexibility index (Phi) is 4.22. The molecule has 0 spiro atoms. The van der Waals surface area contributed by atoms with Crippen molar-refractivity contribution < 1.29 is 0 Å². The minimum atomic E-state index is 0.0248. The van der Waals surface area contributed by atoms with Gasteiger partial charge in [-0.2, -0.15) is 0 Å². The fourth-order valence-corrected chi connectivity index (χ4v) is 2.91. The lowest BCUT2D eigenvalue weighted by atomic mass is 10.2. The summed E-state index contributed by atoms with van der Waals surface area (Å²) in [6, 6.07) is 10.3. The average Bonchev–Trinajstić information content (AvgIpc) is 2.38. The number of aryl methyl sites for hydroxylation is 2. The number of nitrogens with zero attached hydrogens (tertiary/aromatic N) is 1. The number of amidine groups is 1. The number of pyridine rings is 1. The zero-order valence-corrected chi connectivity index (χ0v) is 11.9. The predicted octanol–water partition coefficient (Wildman–Crippen LogP) is 3.27. The molecule has 1 aromatic carbocycles. The normalized spacial score (nSPS) is 10.4. The van der Waals surface area contributed by atoms with Gasteiger partial charge in [0, 0.05) is 16.8 Å². The first kappa shape index (κ1) is 13.6. The van der Waals surface area contributed by atoms with Gasteiger partial charge in [0.25, 0.3) is 0 Å². The van der Waals surface area contributed by atoms with Gasteiger partial charge in [-0.1, -0.05) is 23.8 Å². The van der Waals surface area contributed by atoms with E-state index in [1.807, 2.05) is 12.1 Å². The zero-order valence-electron chi connectivity index (χ0n) is 11.1. The van der Waals surface area contributed by atoms with Crippen LogP contribution in [0.5, 0.6) is 0 Å². The molecule has 2 aromatic rings. The van der Waals surface area contributed by atoms with Gasteiger partial charge in [0.05, 0.1) is 0 Å². The van der Waals surface area contributed by atoms with Gasteiger partial charge in [0.15, 0.2) is 0 Å². The quantitative estimate of drug-likeness (QED) is 0.509. The lowest BCUT2D eigenvalue weighted by Gasteiger charge is -2.09. The molecule has 0 amide bonds. The SMILES string of the molecule is Cc1ccc(SCc2cccnc2C(=N)N)c(C)c1. The molecule has 0 fully saturated rings. The van der Waals surface area contributed by atoms with Crippen molar-refractivity contribution in [1.29, 1.82) is 5.41 Å². The highest BCUT2D eigenvalue weighted by Crippen LogP contribution is 2.27. The molecule has 0 saturated heterocycles. The molecule has 19 heavy (non-hydrogen) atoms. The summed E-state index contributed by atoms with van der Waals surface area (Å²) in [4.78, 5) is 5.42. The van der Waals surface area contributed by atoms with Gasteiger partial charge in [-0.05, 0) is 37.1 Å². The van der Waals surface area contributed by atoms with Crippen molar-refractivity contribution in [2.45, 2.75) is 24.5 Å². The van der Waals surface area contributed by atoms with Crippen molar-refractivity contribution >= 4 is 17.6 Å². The van der Waals surface area contributed by atoms with E-state index in [-0.39, 0.29) is 5.84 Å². The molecule has 3 nitrogen and oxygen atoms in total. The Morgan fingerprint density at radius 1 is 1.32 bits per heavy atom. The summed E-state index contributed by atoms with van der Waals surface area (Å²) in [6.45, 7) is 4.21. The number of hydrogen-bond donors (Lipinski definition) is 2. The van der Waals surface area contributed by atoms with E-state index in [2.05, 4.69) is 37.0 Å². The van der Waals surface area contributed by atoms with Crippen LogP contribution in [0.25, 0.3) is 0 Å². The molecule has 0 aliphatic rings. The van der Waals surface area contributed by atoms with Crippen molar-refractivity contribution in [2.24, 2.45) is 5.73 Å². The molecular weight excluding hydrogens is 254 g/mol. The van der Waals surface area contributed by atoms with Crippen molar-refractivity contribution in [3.05, 3.63) is 58.9 Å². The molecule has 2 rings (SSSR count). The van der Waals surface area contributed by atoms with Crippen LogP contribution < -0.4 is 5.73 Å². The van der Waals surface area contributed by atoms with E-state index in [1.54, 1.807) is 18.0 Å². The Hall–Kier alpha value is -1.81. The van der Waals surface area contributed by atoms with E-state index in [0.29, 0.717) is 5.69 Å². The molecule has 98 valence electrons. The van der Waals surface area contributed by atoms with E-state index in [1.165, 1.54) is 16.0 Å². The highest BCUT2D eigenvalue weighted by Gasteiger charge is 2.07. The monoisotopic (exact) mass is 271 g/mol. The number of aromatic nitrogens is 1. The summed E-state index contributed by atoms with van der Waals surface area (Å²) >= 11 is 1.75. The fourth-order valence-electron chi connectivity index (χ4n) is 1.91. The number of nitrogens with one attached hydrogen (secondary N) is 1. The number of thioether (sulfide) groups is 1. The van der Waals surface area contributed by atoms with Crippen LogP contribution in [0.4, 0.5) is 0 Å². The molecule has 0 unspecified atom stereocenters. The van der Waals surface area contributed by atoms with Crippen LogP contribution in [0, 0.1) is 19.3 Å². The maximum Gasteiger partial charge on any atom is 0.142 e. The minimum absolute atomic E-state index is 0.0248. The number of rotatable bonds is 4. The van der Waals surface area contributed by atoms with E-state index in [9.17, 15) is 0 Å². The Morgan fingerprint density at radius 3 is 2.79 bits per heavy atom. The summed E-state index contributed by atoms with van der Waals surface area (Å²) in [5, 5.41) is 7.54. The lowest BCUT2D eigenvalue weighted by molar-refractivity contribution is 1.19. The van der Waals surface area contributed by atoms with Crippen molar-refractivity contribution in [3.63, 3.8) is 0 Å². The minimum Gasteiger partial charge on any atom is -0.382 e. The van der Waals surface area contributed by atoms with Crippen LogP contribution in [0.2, 0.25) is 0 Å². The number of nitrogen functional groups attached to an aromatic ring is 1. The van der Waals surface area contributed by atoms with E-state index < -0.39 is 0 Å². The van der Waals surface area contributed by atoms with Crippen LogP contribution in [-0.4, -0.2) is 10.8 Å². The van der Waals surface area contributed by atoms with Gasteiger partial charge < -0.3 is 5.73 Å². The number of hydrogen-bond acceptors (Lipinski definition) is 3. The first-order valence-corrected chi connectivity index (χ1v) is 7.05. The van der Waals surface area contributed by atoms with E-state index >= 15 is 0 Å². The second kappa shape index (κ2) is 5.89. The number of benzene rings is 1. The summed E-state index contributed by atoms with van der Waals surface area (Å²) < 4.78 is 0. The lowest BCUT2D eigenvalue weighted by Crippen LogP contribution is -2.15. The summed E-state index contributed by atoms with van der Waals surface area (Å²) in [7, 11) is 0. The maximum absolute atomic E-state index is 7.54. The third-order valence-corrected chi connectivity index (χ3v) is 4.08. The molecular formula is C15H17N3S. The highest BCUT2D eigenvalue weighted by atomic mass is 32.2. The Balaban J connectivity index is 2.17. The summed E-state index contributed by atoms with van der Waals surface area (Å²) in [6.07, 6.45) is 1.67. The summed E-state index contributed by atoms with van der Waals surface area (Å²) in [5.74, 6) is 0.795. The standard InChI is InChI=1S/C15H17N3S/c1-10-5-6-13(11(2)8-10)19-9-12-4-3-7-18-14(12)15(16)17/h3-8H,9H2,1-2H3,(H3,16,17). The van der Waals surface area contributed by atoms with Crippen molar-refractivity contribution in [1.82, 2.24) is 4.98 Å². The zero-order chi connectivity index (χ0) is 13.8. The van der Waals surface area contributed by atoms with Crippen LogP contribution in [0.15, 0.2) is 41.4 Å². The molecule has 0 atom stereocenters. The second-order valence-electron chi connectivity index (χ2n) is 4.48. The van der Waals surface area contributed by atoms with Crippen LogP contribution in [0.1, 0.15) is 22.4 Å². The first-order valence-electron chi connectivity index (χ1n) is 6.06. The number of nitrogens with two attached hydrogens (primary N) is 1. The topological polar surface area (TPSA) is 62.8 Å². The largest absolute Gasteiger partial charge is 0.382 e. The smallest absolute Gasteiger partial charge is 0.142 e. The van der Waals surface area contributed by atoms with Gasteiger partial charge in [-0.25, -0.2) is 0 Å². The third-order valence-electron chi connectivity index (χ3n) is 2.86. The third kappa shape index (κ3) is 3.35. The van der Waals surface area contributed by atoms with Gasteiger partial charge in [0.2, 0.25) is 0 Å². The molecule has 1 heterocycles. The molecule has 0 saturated carbocycles. The molecule has 0 aliphatic heterocycles. The maximum atomic E-state index is 7.54. The molecule has 0 bridgehead atoms. The van der Waals surface area contributed by atoms with Crippen LogP contribution >= 0.6 is 11.8 Å². The Bertz CT molecular complexity index is 608. The van der Waals surface area contributed by atoms with Gasteiger partial charge >= 0.3 is 0 Å². The van der Waals surface area contributed by atoms with Crippen LogP contribution in [0.3, 0.4) is 0 Å². The van der Waals surface area contributed by atoms with Gasteiger partial charge in [-0.3, -0.25) is 10.4 Å². The van der Waals surface area contributed by atoms with Gasteiger partial charge in [0.1, 0.15) is 11.5 Å². The predicted molar refractivity (Wildman–Crippen MR) is 80.7 cm³/mol. The molecule has 0 radical (unpaired) electrons. The second-order valence-corrected chi connectivity index (χ2v) is 5.50. The van der Waals surface area contributed by atoms with E-state index in [0.717, 1.165) is 11.3 Å². The van der Waals surface area contributed by atoms with Crippen LogP contribution in [-0.2, 0) is 5.75 Å². The molecule has 1 aromatic heterocycles. The van der Waals surface area contributed by atoms with Gasteiger partial charge in [-0.15, -0.1) is 11.8 Å². The first-order chi connectivity index (χ1) is 9.08. The highest BCUT2D eigenvalue weighted by molar-refractivity contribution is 7.98. The summed E-state index contributed by atoms with van der Waals surface area (Å²) in [5.41, 5.74) is 9.68. The van der Waals surface area contributed by atoms with Crippen molar-refractivity contribution in [2.75, 3.05) is 0 Å². The Labute approximate surface area is 117 Å². The molecule has 4 heteroatoms. The van der Waals surface area contributed by atoms with Crippen molar-refractivity contribution in [3.8, 4) is 0 Å². The Morgan fingerprint density at radius 2 is 2.11 bits per heavy atom. The molecule has 0 aliphatic carbocycles. The molecule has 3 N–H and O–H groups in total.